The fourth-order valence-corrected chi connectivity index (χ4v) is 3.84. The number of carbonyl (C=O) groups excluding carboxylic acids is 2. The first kappa shape index (κ1) is 17.0. The van der Waals surface area contributed by atoms with Crippen LogP contribution in [0.15, 0.2) is 30.3 Å². The van der Waals surface area contributed by atoms with Gasteiger partial charge in [0.25, 0.3) is 0 Å². The van der Waals surface area contributed by atoms with Gasteiger partial charge in [0.1, 0.15) is 0 Å². The van der Waals surface area contributed by atoms with Crippen LogP contribution in [0.1, 0.15) is 50.5 Å². The molecular formula is C20H28N2O2. The summed E-state index contributed by atoms with van der Waals surface area (Å²) in [5.41, 5.74) is 1.06. The Labute approximate surface area is 144 Å². The van der Waals surface area contributed by atoms with E-state index in [0.717, 1.165) is 31.2 Å². The van der Waals surface area contributed by atoms with Crippen molar-refractivity contribution < 1.29 is 9.59 Å². The molecule has 1 aliphatic carbocycles. The number of amides is 2. The maximum absolute atomic E-state index is 12.4. The topological polar surface area (TPSA) is 49.4 Å². The summed E-state index contributed by atoms with van der Waals surface area (Å²) in [6, 6.07) is 10.2. The Balaban J connectivity index is 1.43. The molecule has 0 bridgehead atoms. The van der Waals surface area contributed by atoms with Gasteiger partial charge < -0.3 is 10.2 Å². The molecule has 0 atom stereocenters. The van der Waals surface area contributed by atoms with E-state index in [-0.39, 0.29) is 17.7 Å². The molecule has 0 radical (unpaired) electrons. The van der Waals surface area contributed by atoms with Crippen LogP contribution < -0.4 is 5.32 Å². The van der Waals surface area contributed by atoms with Crippen molar-refractivity contribution in [3.05, 3.63) is 35.9 Å². The number of hydrogen-bond acceptors (Lipinski definition) is 2. The molecule has 1 N–H and O–H groups in total. The van der Waals surface area contributed by atoms with E-state index in [1.54, 1.807) is 0 Å². The zero-order valence-electron chi connectivity index (χ0n) is 14.4. The minimum atomic E-state index is 0.0766. The molecule has 4 nitrogen and oxygen atoms in total. The summed E-state index contributed by atoms with van der Waals surface area (Å²) in [5, 5.41) is 3.23. The van der Waals surface area contributed by atoms with Gasteiger partial charge in [0.2, 0.25) is 11.8 Å². The number of piperidine rings is 1. The second-order valence-corrected chi connectivity index (χ2v) is 7.16. The molecule has 1 saturated heterocycles. The van der Waals surface area contributed by atoms with Crippen LogP contribution in [0.5, 0.6) is 0 Å². The molecule has 0 aromatic heterocycles. The van der Waals surface area contributed by atoms with Gasteiger partial charge in [-0.05, 0) is 31.2 Å². The van der Waals surface area contributed by atoms with Crippen LogP contribution in [0.4, 0.5) is 0 Å². The quantitative estimate of drug-likeness (QED) is 0.924. The molecule has 4 heteroatoms. The van der Waals surface area contributed by atoms with E-state index < -0.39 is 0 Å². The molecule has 1 aromatic rings. The first-order valence-electron chi connectivity index (χ1n) is 9.34. The minimum Gasteiger partial charge on any atom is -0.353 e. The second kappa shape index (κ2) is 8.32. The number of hydrogen-bond donors (Lipinski definition) is 1. The molecule has 0 spiro atoms. The van der Waals surface area contributed by atoms with E-state index in [1.807, 2.05) is 35.2 Å². The van der Waals surface area contributed by atoms with Gasteiger partial charge in [0.05, 0.1) is 6.42 Å². The Morgan fingerprint density at radius 3 is 2.29 bits per heavy atom. The molecule has 0 unspecified atom stereocenters. The van der Waals surface area contributed by atoms with E-state index in [2.05, 4.69) is 5.32 Å². The van der Waals surface area contributed by atoms with Crippen molar-refractivity contribution in [2.75, 3.05) is 13.1 Å². The summed E-state index contributed by atoms with van der Waals surface area (Å²) in [6.45, 7) is 1.41. The van der Waals surface area contributed by atoms with Gasteiger partial charge in [0, 0.05) is 25.0 Å². The lowest BCUT2D eigenvalue weighted by molar-refractivity contribution is -0.135. The lowest BCUT2D eigenvalue weighted by atomic mass is 9.92. The van der Waals surface area contributed by atoms with Crippen molar-refractivity contribution in [2.45, 2.75) is 57.4 Å². The fraction of sp³-hybridized carbons (Fsp3) is 0.600. The average molecular weight is 328 g/mol. The van der Waals surface area contributed by atoms with Crippen LogP contribution in [0.2, 0.25) is 0 Å². The molecule has 1 heterocycles. The summed E-state index contributed by atoms with van der Waals surface area (Å²) in [4.78, 5) is 26.7. The number of likely N-dealkylation sites (tertiary alicyclic amines) is 1. The first-order chi connectivity index (χ1) is 11.7. The normalized spacial score (nSPS) is 19.9. The largest absolute Gasteiger partial charge is 0.353 e. The zero-order valence-corrected chi connectivity index (χ0v) is 14.4. The van der Waals surface area contributed by atoms with E-state index in [4.69, 9.17) is 0 Å². The van der Waals surface area contributed by atoms with Crippen molar-refractivity contribution in [3.63, 3.8) is 0 Å². The summed E-state index contributed by atoms with van der Waals surface area (Å²) in [7, 11) is 0. The highest BCUT2D eigenvalue weighted by Crippen LogP contribution is 2.21. The maximum Gasteiger partial charge on any atom is 0.226 e. The van der Waals surface area contributed by atoms with Crippen LogP contribution in [-0.4, -0.2) is 35.8 Å². The van der Waals surface area contributed by atoms with Crippen LogP contribution in [0.25, 0.3) is 0 Å². The van der Waals surface area contributed by atoms with Crippen molar-refractivity contribution in [3.8, 4) is 0 Å². The highest BCUT2D eigenvalue weighted by atomic mass is 16.2. The van der Waals surface area contributed by atoms with E-state index in [0.29, 0.717) is 25.6 Å². The fourth-order valence-electron chi connectivity index (χ4n) is 3.84. The van der Waals surface area contributed by atoms with Crippen molar-refractivity contribution in [2.24, 2.45) is 5.92 Å². The van der Waals surface area contributed by atoms with Crippen LogP contribution in [0, 0.1) is 5.92 Å². The third kappa shape index (κ3) is 4.59. The van der Waals surface area contributed by atoms with Gasteiger partial charge in [-0.15, -0.1) is 0 Å². The van der Waals surface area contributed by atoms with E-state index >= 15 is 0 Å². The lowest BCUT2D eigenvalue weighted by Crippen LogP contribution is -2.46. The third-order valence-corrected chi connectivity index (χ3v) is 5.37. The number of nitrogens with zero attached hydrogens (tertiary/aromatic N) is 1. The van der Waals surface area contributed by atoms with Gasteiger partial charge in [0.15, 0.2) is 0 Å². The molecule has 1 saturated carbocycles. The van der Waals surface area contributed by atoms with Gasteiger partial charge in [-0.1, -0.05) is 49.6 Å². The second-order valence-electron chi connectivity index (χ2n) is 7.16. The Hall–Kier alpha value is -1.84. The van der Waals surface area contributed by atoms with Crippen molar-refractivity contribution >= 4 is 11.8 Å². The summed E-state index contributed by atoms with van der Waals surface area (Å²) >= 11 is 0. The lowest BCUT2D eigenvalue weighted by Gasteiger charge is -2.33. The van der Waals surface area contributed by atoms with Gasteiger partial charge >= 0.3 is 0 Å². The molecule has 2 amide bonds. The standard InChI is InChI=1S/C20H28N2O2/c23-19(15-16-7-3-1-4-8-16)22-13-11-17(12-14-22)20(24)21-18-9-5-2-6-10-18/h1,3-4,7-8,17-18H,2,5-6,9-15H2,(H,21,24). The van der Waals surface area contributed by atoms with Crippen LogP contribution >= 0.6 is 0 Å². The number of nitrogens with one attached hydrogen (secondary N) is 1. The smallest absolute Gasteiger partial charge is 0.226 e. The Kier molecular flexibility index (Phi) is 5.89. The molecule has 1 aliphatic heterocycles. The molecule has 1 aromatic carbocycles. The van der Waals surface area contributed by atoms with Gasteiger partial charge in [-0.3, -0.25) is 9.59 Å². The monoisotopic (exact) mass is 328 g/mol. The number of rotatable bonds is 4. The van der Waals surface area contributed by atoms with E-state index in [9.17, 15) is 9.59 Å². The van der Waals surface area contributed by atoms with Gasteiger partial charge in [-0.2, -0.15) is 0 Å². The number of benzene rings is 1. The molecular weight excluding hydrogens is 300 g/mol. The Morgan fingerprint density at radius 1 is 0.958 bits per heavy atom. The predicted octanol–water partition coefficient (Wildman–Crippen LogP) is 2.92. The maximum atomic E-state index is 12.4. The molecule has 24 heavy (non-hydrogen) atoms. The average Bonchev–Trinajstić information content (AvgIpc) is 2.63. The molecule has 2 fully saturated rings. The summed E-state index contributed by atoms with van der Waals surface area (Å²) in [5.74, 6) is 0.456. The number of carbonyl (C=O) groups is 2. The predicted molar refractivity (Wildman–Crippen MR) is 94.5 cm³/mol. The van der Waals surface area contributed by atoms with Crippen molar-refractivity contribution in [1.29, 1.82) is 0 Å². The van der Waals surface area contributed by atoms with Crippen molar-refractivity contribution in [1.82, 2.24) is 10.2 Å². The first-order valence-corrected chi connectivity index (χ1v) is 9.34. The molecule has 2 aliphatic rings. The minimum absolute atomic E-state index is 0.0766. The zero-order chi connectivity index (χ0) is 16.8. The molecule has 130 valence electrons. The van der Waals surface area contributed by atoms with Gasteiger partial charge in [-0.25, -0.2) is 0 Å². The highest BCUT2D eigenvalue weighted by molar-refractivity contribution is 5.81. The van der Waals surface area contributed by atoms with Crippen LogP contribution in [-0.2, 0) is 16.0 Å². The van der Waals surface area contributed by atoms with Crippen LogP contribution in [0.3, 0.4) is 0 Å². The van der Waals surface area contributed by atoms with E-state index in [1.165, 1.54) is 19.3 Å². The third-order valence-electron chi connectivity index (χ3n) is 5.37. The molecule has 3 rings (SSSR count). The SMILES string of the molecule is O=C(NC1CCCCC1)C1CCN(C(=O)Cc2ccccc2)CC1. The Morgan fingerprint density at radius 2 is 1.62 bits per heavy atom. The Bertz CT molecular complexity index is 544. The summed E-state index contributed by atoms with van der Waals surface area (Å²) < 4.78 is 0. The highest BCUT2D eigenvalue weighted by Gasteiger charge is 2.28. The summed E-state index contributed by atoms with van der Waals surface area (Å²) in [6.07, 6.45) is 8.06.